The molecule has 0 saturated heterocycles. The van der Waals surface area contributed by atoms with Crippen LogP contribution < -0.4 is 10.5 Å². The Labute approximate surface area is 223 Å². The van der Waals surface area contributed by atoms with Crippen molar-refractivity contribution >= 4 is 38.4 Å². The molecule has 1 heterocycles. The molecule has 11 heteroatoms. The fraction of sp³-hybridized carbons (Fsp3) is 0.259. The second kappa shape index (κ2) is 12.4. The summed E-state index contributed by atoms with van der Waals surface area (Å²) in [5.74, 6) is 0.469. The van der Waals surface area contributed by atoms with Crippen molar-refractivity contribution in [3.05, 3.63) is 76.6 Å². The zero-order chi connectivity index (χ0) is 27.9. The predicted octanol–water partition coefficient (Wildman–Crippen LogP) is 6.48. The summed E-state index contributed by atoms with van der Waals surface area (Å²) in [6.45, 7) is 1.83. The number of carbonyl (C=O) groups is 1. The summed E-state index contributed by atoms with van der Waals surface area (Å²) in [7, 11) is -3.44. The van der Waals surface area contributed by atoms with Gasteiger partial charge in [0.2, 0.25) is 0 Å². The molecule has 0 amide bonds. The van der Waals surface area contributed by atoms with E-state index in [4.69, 9.17) is 10.5 Å². The van der Waals surface area contributed by atoms with Gasteiger partial charge in [-0.2, -0.15) is 13.2 Å². The number of alkyl halides is 3. The first-order chi connectivity index (χ1) is 17.8. The highest BCUT2D eigenvalue weighted by atomic mass is 32.2. The number of nitrogens with zero attached hydrogens (tertiary/aromatic N) is 1. The Morgan fingerprint density at radius 1 is 1.08 bits per heavy atom. The van der Waals surface area contributed by atoms with E-state index in [1.54, 1.807) is 47.8 Å². The molecule has 0 unspecified atom stereocenters. The van der Waals surface area contributed by atoms with Gasteiger partial charge < -0.3 is 15.3 Å². The fourth-order valence-electron chi connectivity index (χ4n) is 3.38. The Kier molecular flexibility index (Phi) is 9.50. The minimum Gasteiger partial charge on any atom is -0.491 e. The van der Waals surface area contributed by atoms with Crippen LogP contribution in [0.4, 0.5) is 18.9 Å². The van der Waals surface area contributed by atoms with Crippen LogP contribution in [0.25, 0.3) is 11.1 Å². The van der Waals surface area contributed by atoms with E-state index in [1.165, 1.54) is 19.1 Å². The number of allylic oxidation sites excluding steroid dienone is 2. The van der Waals surface area contributed by atoms with Crippen molar-refractivity contribution in [1.29, 1.82) is 0 Å². The minimum absolute atomic E-state index is 0.0250. The topological polar surface area (TPSA) is 98.8 Å². The summed E-state index contributed by atoms with van der Waals surface area (Å²) < 4.78 is 69.6. The molecular formula is C27H27F3N2O4S2. The highest BCUT2D eigenvalue weighted by Crippen LogP contribution is 2.33. The molecule has 0 aliphatic carbocycles. The van der Waals surface area contributed by atoms with E-state index in [1.807, 2.05) is 0 Å². The van der Waals surface area contributed by atoms with Gasteiger partial charge in [-0.1, -0.05) is 24.3 Å². The van der Waals surface area contributed by atoms with Crippen molar-refractivity contribution in [2.45, 2.75) is 37.3 Å². The third kappa shape index (κ3) is 8.29. The molecule has 3 aromatic rings. The molecule has 0 bridgehead atoms. The van der Waals surface area contributed by atoms with Crippen LogP contribution in [0.15, 0.2) is 81.6 Å². The fourth-order valence-corrected chi connectivity index (χ4v) is 4.92. The van der Waals surface area contributed by atoms with Gasteiger partial charge in [0.15, 0.2) is 9.84 Å². The Hall–Kier alpha value is -3.44. The number of halogens is 3. The first-order valence-corrected chi connectivity index (χ1v) is 14.4. The lowest BCUT2D eigenvalue weighted by Crippen LogP contribution is -2.20. The maximum atomic E-state index is 13.3. The zero-order valence-corrected chi connectivity index (χ0v) is 22.4. The molecule has 3 rings (SSSR count). The summed E-state index contributed by atoms with van der Waals surface area (Å²) >= 11 is 1.15. The molecule has 0 aliphatic rings. The smallest absolute Gasteiger partial charge is 0.430 e. The molecule has 6 nitrogen and oxygen atoms in total. The number of thiophene rings is 1. The van der Waals surface area contributed by atoms with E-state index in [-0.39, 0.29) is 16.4 Å². The number of ether oxygens (including phenoxy) is 1. The molecule has 1 aromatic heterocycles. The quantitative estimate of drug-likeness (QED) is 0.212. The number of hydrogen-bond acceptors (Lipinski definition) is 7. The Morgan fingerprint density at radius 3 is 2.50 bits per heavy atom. The van der Waals surface area contributed by atoms with Gasteiger partial charge in [-0.3, -0.25) is 0 Å². The van der Waals surface area contributed by atoms with E-state index < -0.39 is 21.7 Å². The number of aliphatic imine (C=N–C) groups is 1. The van der Waals surface area contributed by atoms with Gasteiger partial charge >= 0.3 is 6.18 Å². The molecule has 0 atom stereocenters. The average molecular weight is 565 g/mol. The molecule has 2 aromatic carbocycles. The van der Waals surface area contributed by atoms with Gasteiger partial charge in [0, 0.05) is 12.7 Å². The van der Waals surface area contributed by atoms with Gasteiger partial charge in [-0.15, -0.1) is 11.3 Å². The van der Waals surface area contributed by atoms with Crippen molar-refractivity contribution in [3.8, 4) is 16.9 Å². The summed E-state index contributed by atoms with van der Waals surface area (Å²) in [4.78, 5) is 16.1. The average Bonchev–Trinajstić information content (AvgIpc) is 3.33. The molecule has 0 aliphatic heterocycles. The van der Waals surface area contributed by atoms with Gasteiger partial charge in [0.1, 0.15) is 22.9 Å². The second-order valence-corrected chi connectivity index (χ2v) is 11.5. The largest absolute Gasteiger partial charge is 0.491 e. The van der Waals surface area contributed by atoms with Crippen molar-refractivity contribution in [1.82, 2.24) is 0 Å². The van der Waals surface area contributed by atoms with Crippen molar-refractivity contribution in [2.24, 2.45) is 10.7 Å². The minimum atomic E-state index is -4.75. The predicted molar refractivity (Wildman–Crippen MR) is 144 cm³/mol. The number of carbonyl (C=O) groups excluding carboxylic acids is 1. The molecule has 202 valence electrons. The van der Waals surface area contributed by atoms with E-state index >= 15 is 0 Å². The standard InChI is InChI=1S/C27H27F3N2O4S2/c1-18(33)8-5-6-13-36-24-12-4-3-11-22(24)32-23(16-26(31)27(28,29)30)25-15-20(17-37-25)19-9-7-10-21(14-19)38(2,34)35/h3-4,7,9-12,14-17H,5-6,8,13,31H2,1-2H3. The lowest BCUT2D eigenvalue weighted by Gasteiger charge is -2.10. The summed E-state index contributed by atoms with van der Waals surface area (Å²) in [6, 6.07) is 14.6. The lowest BCUT2D eigenvalue weighted by atomic mass is 10.1. The van der Waals surface area contributed by atoms with Crippen LogP contribution in [0.2, 0.25) is 0 Å². The molecule has 0 radical (unpaired) electrons. The number of Topliss-reactive ketones (excluding diaryl/α,β-unsaturated/α-hetero) is 1. The van der Waals surface area contributed by atoms with E-state index in [9.17, 15) is 26.4 Å². The number of unbranched alkanes of at least 4 members (excludes halogenated alkanes) is 1. The van der Waals surface area contributed by atoms with Crippen LogP contribution in [0.5, 0.6) is 5.75 Å². The highest BCUT2D eigenvalue weighted by molar-refractivity contribution is 7.90. The number of nitrogens with two attached hydrogens (primary N) is 1. The lowest BCUT2D eigenvalue weighted by molar-refractivity contribution is -0.117. The molecular weight excluding hydrogens is 537 g/mol. The molecule has 0 saturated carbocycles. The Balaban J connectivity index is 1.99. The van der Waals surface area contributed by atoms with Crippen LogP contribution >= 0.6 is 11.3 Å². The van der Waals surface area contributed by atoms with E-state index in [0.717, 1.165) is 23.7 Å². The van der Waals surface area contributed by atoms with Gasteiger partial charge in [-0.05, 0) is 72.7 Å². The number of rotatable bonds is 11. The van der Waals surface area contributed by atoms with E-state index in [0.29, 0.717) is 53.3 Å². The second-order valence-electron chi connectivity index (χ2n) is 8.57. The van der Waals surface area contributed by atoms with Gasteiger partial charge in [0.25, 0.3) is 0 Å². The van der Waals surface area contributed by atoms with E-state index in [2.05, 4.69) is 4.99 Å². The first-order valence-electron chi connectivity index (χ1n) is 11.6. The third-order valence-electron chi connectivity index (χ3n) is 5.35. The summed E-state index contributed by atoms with van der Waals surface area (Å²) in [5.41, 5.74) is 5.53. The number of ketones is 1. The Bertz CT molecular complexity index is 1460. The number of hydrogen-bond donors (Lipinski definition) is 1. The van der Waals surface area contributed by atoms with Crippen molar-refractivity contribution < 1.29 is 31.1 Å². The molecule has 38 heavy (non-hydrogen) atoms. The number of benzene rings is 2. The van der Waals surface area contributed by atoms with Gasteiger partial charge in [0.05, 0.1) is 22.1 Å². The summed E-state index contributed by atoms with van der Waals surface area (Å²) in [6.07, 6.45) is -1.14. The number of para-hydroxylation sites is 2. The van der Waals surface area contributed by atoms with Crippen LogP contribution in [0.3, 0.4) is 0 Å². The van der Waals surface area contributed by atoms with Gasteiger partial charge in [-0.25, -0.2) is 13.4 Å². The van der Waals surface area contributed by atoms with Crippen molar-refractivity contribution in [3.63, 3.8) is 0 Å². The van der Waals surface area contributed by atoms with Crippen LogP contribution in [-0.2, 0) is 14.6 Å². The molecule has 0 spiro atoms. The molecule has 0 fully saturated rings. The summed E-state index contributed by atoms with van der Waals surface area (Å²) in [5, 5.41) is 1.71. The van der Waals surface area contributed by atoms with Crippen molar-refractivity contribution in [2.75, 3.05) is 12.9 Å². The van der Waals surface area contributed by atoms with Crippen LogP contribution in [0.1, 0.15) is 31.1 Å². The molecule has 2 N–H and O–H groups in total. The highest BCUT2D eigenvalue weighted by Gasteiger charge is 2.32. The monoisotopic (exact) mass is 564 g/mol. The Morgan fingerprint density at radius 2 is 1.82 bits per heavy atom. The normalized spacial score (nSPS) is 13.0. The number of sulfone groups is 1. The maximum Gasteiger partial charge on any atom is 0.430 e. The van der Waals surface area contributed by atoms with Crippen LogP contribution in [0, 0.1) is 0 Å². The maximum absolute atomic E-state index is 13.3. The van der Waals surface area contributed by atoms with Crippen LogP contribution in [-0.4, -0.2) is 39.0 Å². The SMILES string of the molecule is CC(=O)CCCCOc1ccccc1N=C(C=C(N)C(F)(F)F)c1cc(-c2cccc(S(C)(=O)=O)c2)cs1. The zero-order valence-electron chi connectivity index (χ0n) is 20.8. The third-order valence-corrected chi connectivity index (χ3v) is 7.42. The first kappa shape index (κ1) is 29.1.